The van der Waals surface area contributed by atoms with Crippen LogP contribution in [0.3, 0.4) is 0 Å². The lowest BCUT2D eigenvalue weighted by Crippen LogP contribution is -2.37. The zero-order valence-corrected chi connectivity index (χ0v) is 9.50. The third-order valence-corrected chi connectivity index (χ3v) is 3.58. The highest BCUT2D eigenvalue weighted by molar-refractivity contribution is 8.14. The van der Waals surface area contributed by atoms with Crippen LogP contribution in [0.1, 0.15) is 5.69 Å². The maximum atomic E-state index is 11.2. The fourth-order valence-corrected chi connectivity index (χ4v) is 2.61. The molecule has 0 saturated carbocycles. The van der Waals surface area contributed by atoms with Crippen molar-refractivity contribution in [2.24, 2.45) is 0 Å². The summed E-state index contributed by atoms with van der Waals surface area (Å²) in [5.74, 6) is 0.720. The van der Waals surface area contributed by atoms with Crippen molar-refractivity contribution in [3.8, 4) is 0 Å². The van der Waals surface area contributed by atoms with Gasteiger partial charge in [-0.15, -0.1) is 0 Å². The maximum Gasteiger partial charge on any atom is 0.225 e. The van der Waals surface area contributed by atoms with Crippen LogP contribution in [0, 0.1) is 0 Å². The number of anilines is 1. The van der Waals surface area contributed by atoms with Gasteiger partial charge in [0.1, 0.15) is 0 Å². The molecule has 2 aliphatic heterocycles. The molecule has 0 N–H and O–H groups in total. The van der Waals surface area contributed by atoms with Crippen LogP contribution in [0.5, 0.6) is 0 Å². The van der Waals surface area contributed by atoms with Gasteiger partial charge in [0.2, 0.25) is 5.95 Å². The number of nitrogens with zero attached hydrogens (tertiary/aromatic N) is 3. The molecule has 3 heterocycles. The summed E-state index contributed by atoms with van der Waals surface area (Å²) in [6.45, 7) is 3.07. The zero-order chi connectivity index (χ0) is 11.0. The summed E-state index contributed by atoms with van der Waals surface area (Å²) >= 11 is 1.24. The lowest BCUT2D eigenvalue weighted by atomic mass is 10.3. The molecule has 84 valence electrons. The molecule has 3 rings (SSSR count). The lowest BCUT2D eigenvalue weighted by Gasteiger charge is -2.26. The van der Waals surface area contributed by atoms with Crippen molar-refractivity contribution in [3.63, 3.8) is 0 Å². The molecule has 2 aliphatic rings. The van der Waals surface area contributed by atoms with Gasteiger partial charge in [-0.25, -0.2) is 9.97 Å². The molecule has 0 bridgehead atoms. The Balaban J connectivity index is 1.86. The Morgan fingerprint density at radius 1 is 1.38 bits per heavy atom. The van der Waals surface area contributed by atoms with E-state index in [0.29, 0.717) is 19.6 Å². The first-order chi connectivity index (χ1) is 7.83. The average Bonchev–Trinajstić information content (AvgIpc) is 2.69. The minimum atomic E-state index is 0.156. The minimum Gasteiger partial charge on any atom is -0.378 e. The molecule has 5 nitrogen and oxygen atoms in total. The van der Waals surface area contributed by atoms with Gasteiger partial charge in [-0.1, -0.05) is 0 Å². The van der Waals surface area contributed by atoms with Crippen LogP contribution in [-0.4, -0.2) is 41.4 Å². The van der Waals surface area contributed by atoms with Crippen molar-refractivity contribution < 1.29 is 9.53 Å². The van der Waals surface area contributed by atoms with Crippen LogP contribution in [0.25, 0.3) is 0 Å². The monoisotopic (exact) mass is 237 g/mol. The predicted octanol–water partition coefficient (Wildman–Crippen LogP) is 0.488. The summed E-state index contributed by atoms with van der Waals surface area (Å²) in [5.41, 5.74) is 0.867. The summed E-state index contributed by atoms with van der Waals surface area (Å²) in [6, 6.07) is 0. The Morgan fingerprint density at radius 3 is 3.00 bits per heavy atom. The largest absolute Gasteiger partial charge is 0.378 e. The molecular formula is C10H11N3O2S. The Kier molecular flexibility index (Phi) is 2.53. The first-order valence-corrected chi connectivity index (χ1v) is 6.04. The van der Waals surface area contributed by atoms with Crippen molar-refractivity contribution in [3.05, 3.63) is 11.9 Å². The van der Waals surface area contributed by atoms with Gasteiger partial charge in [0.25, 0.3) is 0 Å². The van der Waals surface area contributed by atoms with E-state index in [4.69, 9.17) is 4.74 Å². The zero-order valence-electron chi connectivity index (χ0n) is 8.68. The Hall–Kier alpha value is -1.14. The molecule has 1 aromatic heterocycles. The number of hydrogen-bond acceptors (Lipinski definition) is 6. The number of morpholine rings is 1. The fourth-order valence-electron chi connectivity index (χ4n) is 1.82. The molecule has 0 unspecified atom stereocenters. The molecule has 0 aromatic carbocycles. The number of carbonyl (C=O) groups excluding carboxylic acids is 1. The molecule has 0 amide bonds. The minimum absolute atomic E-state index is 0.156. The second kappa shape index (κ2) is 4.03. The van der Waals surface area contributed by atoms with E-state index in [1.807, 2.05) is 0 Å². The molecule has 0 aliphatic carbocycles. The number of rotatable bonds is 1. The summed E-state index contributed by atoms with van der Waals surface area (Å²) in [5, 5.41) is 0.156. The van der Waals surface area contributed by atoms with Gasteiger partial charge in [0.05, 0.1) is 30.2 Å². The van der Waals surface area contributed by atoms with Crippen molar-refractivity contribution >= 4 is 22.8 Å². The first-order valence-electron chi connectivity index (χ1n) is 5.22. The number of aromatic nitrogens is 2. The van der Waals surface area contributed by atoms with E-state index in [1.54, 1.807) is 6.20 Å². The lowest BCUT2D eigenvalue weighted by molar-refractivity contribution is -0.110. The number of hydrogen-bond donors (Lipinski definition) is 0. The summed E-state index contributed by atoms with van der Waals surface area (Å²) in [4.78, 5) is 23.0. The number of carbonyl (C=O) groups is 1. The molecule has 0 spiro atoms. The summed E-state index contributed by atoms with van der Waals surface area (Å²) in [7, 11) is 0. The second-order valence-electron chi connectivity index (χ2n) is 3.73. The Bertz CT molecular complexity index is 432. The van der Waals surface area contributed by atoms with Crippen LogP contribution in [0.2, 0.25) is 0 Å². The van der Waals surface area contributed by atoms with E-state index < -0.39 is 0 Å². The van der Waals surface area contributed by atoms with E-state index in [2.05, 4.69) is 14.9 Å². The number of fused-ring (bicyclic) bond motifs is 1. The SMILES string of the molecule is O=C1Cc2nc(N3CCOCC3)ncc2S1. The van der Waals surface area contributed by atoms with Crippen LogP contribution in [0.4, 0.5) is 5.95 Å². The molecule has 1 aromatic rings. The molecular weight excluding hydrogens is 226 g/mol. The molecule has 1 fully saturated rings. The van der Waals surface area contributed by atoms with E-state index in [1.165, 1.54) is 11.8 Å². The highest BCUT2D eigenvalue weighted by Crippen LogP contribution is 2.31. The smallest absolute Gasteiger partial charge is 0.225 e. The van der Waals surface area contributed by atoms with Crippen LogP contribution in [-0.2, 0) is 16.0 Å². The molecule has 6 heteroatoms. The van der Waals surface area contributed by atoms with Crippen molar-refractivity contribution in [2.45, 2.75) is 11.3 Å². The predicted molar refractivity (Wildman–Crippen MR) is 59.6 cm³/mol. The number of ether oxygens (including phenoxy) is 1. The third kappa shape index (κ3) is 1.78. The molecule has 0 atom stereocenters. The van der Waals surface area contributed by atoms with Gasteiger partial charge in [-0.2, -0.15) is 0 Å². The highest BCUT2D eigenvalue weighted by Gasteiger charge is 2.23. The van der Waals surface area contributed by atoms with E-state index in [0.717, 1.165) is 29.6 Å². The van der Waals surface area contributed by atoms with Crippen LogP contribution in [0.15, 0.2) is 11.1 Å². The van der Waals surface area contributed by atoms with E-state index in [9.17, 15) is 4.79 Å². The standard InChI is InChI=1S/C10H11N3O2S/c14-9-5-7-8(16-9)6-11-10(12-7)13-1-3-15-4-2-13/h6H,1-5H2. The average molecular weight is 237 g/mol. The van der Waals surface area contributed by atoms with Gasteiger partial charge < -0.3 is 9.64 Å². The normalized spacial score (nSPS) is 20.0. The first kappa shape index (κ1) is 10.0. The molecule has 16 heavy (non-hydrogen) atoms. The van der Waals surface area contributed by atoms with Crippen LogP contribution < -0.4 is 4.90 Å². The van der Waals surface area contributed by atoms with Crippen LogP contribution >= 0.6 is 11.8 Å². The van der Waals surface area contributed by atoms with Gasteiger partial charge in [-0.3, -0.25) is 4.79 Å². The Morgan fingerprint density at radius 2 is 2.19 bits per heavy atom. The van der Waals surface area contributed by atoms with Crippen molar-refractivity contribution in [2.75, 3.05) is 31.2 Å². The molecule has 0 radical (unpaired) electrons. The summed E-state index contributed by atoms with van der Waals surface area (Å²) in [6.07, 6.45) is 2.18. The molecule has 1 saturated heterocycles. The quantitative estimate of drug-likeness (QED) is 0.708. The topological polar surface area (TPSA) is 55.3 Å². The van der Waals surface area contributed by atoms with Gasteiger partial charge in [-0.05, 0) is 11.8 Å². The fraction of sp³-hybridized carbons (Fsp3) is 0.500. The van der Waals surface area contributed by atoms with Gasteiger partial charge in [0.15, 0.2) is 5.12 Å². The van der Waals surface area contributed by atoms with Crippen molar-refractivity contribution in [1.29, 1.82) is 0 Å². The number of thioether (sulfide) groups is 1. The third-order valence-electron chi connectivity index (χ3n) is 2.65. The van der Waals surface area contributed by atoms with Gasteiger partial charge >= 0.3 is 0 Å². The Labute approximate surface area is 97.2 Å². The second-order valence-corrected chi connectivity index (χ2v) is 4.83. The van der Waals surface area contributed by atoms with Gasteiger partial charge in [0, 0.05) is 19.3 Å². The highest BCUT2D eigenvalue weighted by atomic mass is 32.2. The van der Waals surface area contributed by atoms with Crippen molar-refractivity contribution in [1.82, 2.24) is 9.97 Å². The van der Waals surface area contributed by atoms with E-state index in [-0.39, 0.29) is 5.12 Å². The maximum absolute atomic E-state index is 11.2. The summed E-state index contributed by atoms with van der Waals surface area (Å²) < 4.78 is 5.28. The van der Waals surface area contributed by atoms with E-state index >= 15 is 0 Å².